The lowest BCUT2D eigenvalue weighted by Gasteiger charge is -2.30. The Morgan fingerprint density at radius 3 is 2.59 bits per heavy atom. The first-order valence-electron chi connectivity index (χ1n) is 6.17. The van der Waals surface area contributed by atoms with Crippen molar-refractivity contribution in [3.8, 4) is 0 Å². The minimum absolute atomic E-state index is 0.0906. The van der Waals surface area contributed by atoms with Crippen molar-refractivity contribution in [1.82, 2.24) is 0 Å². The van der Waals surface area contributed by atoms with Crippen LogP contribution in [0, 0.1) is 0 Å². The molecule has 0 spiro atoms. The van der Waals surface area contributed by atoms with Gasteiger partial charge in [0.2, 0.25) is 0 Å². The van der Waals surface area contributed by atoms with Gasteiger partial charge >= 0.3 is 0 Å². The SMILES string of the molecule is [B]c1cc2c(cc1C(C)(C)C)C(C)CC(=C)N2. The maximum Gasteiger partial charge on any atom is 0.114 e. The smallest absolute Gasteiger partial charge is 0.114 e. The summed E-state index contributed by atoms with van der Waals surface area (Å²) in [7, 11) is 6.15. The van der Waals surface area contributed by atoms with Gasteiger partial charge in [0.15, 0.2) is 0 Å². The highest BCUT2D eigenvalue weighted by atomic mass is 14.9. The van der Waals surface area contributed by atoms with Crippen LogP contribution < -0.4 is 10.8 Å². The predicted molar refractivity (Wildman–Crippen MR) is 76.3 cm³/mol. The van der Waals surface area contributed by atoms with Crippen LogP contribution in [0.25, 0.3) is 0 Å². The topological polar surface area (TPSA) is 12.0 Å². The maximum atomic E-state index is 6.15. The molecule has 0 saturated carbocycles. The van der Waals surface area contributed by atoms with Gasteiger partial charge in [-0.05, 0) is 34.9 Å². The van der Waals surface area contributed by atoms with Gasteiger partial charge in [0.05, 0.1) is 0 Å². The number of hydrogen-bond acceptors (Lipinski definition) is 1. The highest BCUT2D eigenvalue weighted by Crippen LogP contribution is 2.36. The first-order valence-corrected chi connectivity index (χ1v) is 6.17. The van der Waals surface area contributed by atoms with Crippen LogP contribution in [0.4, 0.5) is 5.69 Å². The lowest BCUT2D eigenvalue weighted by Crippen LogP contribution is -2.26. The lowest BCUT2D eigenvalue weighted by molar-refractivity contribution is 0.591. The number of rotatable bonds is 0. The summed E-state index contributed by atoms with van der Waals surface area (Å²) in [6, 6.07) is 4.31. The summed E-state index contributed by atoms with van der Waals surface area (Å²) in [6.45, 7) is 12.9. The average molecular weight is 225 g/mol. The van der Waals surface area contributed by atoms with Gasteiger partial charge in [-0.1, -0.05) is 45.8 Å². The van der Waals surface area contributed by atoms with E-state index in [0.29, 0.717) is 5.92 Å². The third-order valence-corrected chi connectivity index (χ3v) is 3.42. The zero-order valence-corrected chi connectivity index (χ0v) is 11.2. The molecule has 1 unspecified atom stereocenters. The second kappa shape index (κ2) is 3.94. The Hall–Kier alpha value is -1.18. The highest BCUT2D eigenvalue weighted by molar-refractivity contribution is 6.34. The molecule has 2 radical (unpaired) electrons. The van der Waals surface area contributed by atoms with E-state index in [1.807, 2.05) is 0 Å². The molecular formula is C15H20BN. The Morgan fingerprint density at radius 1 is 1.35 bits per heavy atom. The van der Waals surface area contributed by atoms with Gasteiger partial charge in [-0.15, -0.1) is 0 Å². The van der Waals surface area contributed by atoms with E-state index in [1.54, 1.807) is 0 Å². The Kier molecular flexibility index (Phi) is 2.85. The number of nitrogens with one attached hydrogen (secondary N) is 1. The van der Waals surface area contributed by atoms with Crippen molar-refractivity contribution in [3.05, 3.63) is 35.5 Å². The average Bonchev–Trinajstić information content (AvgIpc) is 2.13. The Labute approximate surface area is 106 Å². The van der Waals surface area contributed by atoms with Crippen LogP contribution in [0.5, 0.6) is 0 Å². The second-order valence-corrected chi connectivity index (χ2v) is 6.11. The molecule has 0 bridgehead atoms. The van der Waals surface area contributed by atoms with E-state index in [0.717, 1.165) is 23.3 Å². The first kappa shape index (κ1) is 12.3. The number of anilines is 1. The molecule has 1 N–H and O–H groups in total. The second-order valence-electron chi connectivity index (χ2n) is 6.11. The van der Waals surface area contributed by atoms with Gasteiger partial charge in [-0.2, -0.15) is 0 Å². The monoisotopic (exact) mass is 225 g/mol. The highest BCUT2D eigenvalue weighted by Gasteiger charge is 2.23. The largest absolute Gasteiger partial charge is 0.359 e. The van der Waals surface area contributed by atoms with Crippen LogP contribution in [-0.2, 0) is 5.41 Å². The first-order chi connectivity index (χ1) is 7.79. The predicted octanol–water partition coefficient (Wildman–Crippen LogP) is 3.21. The molecule has 1 atom stereocenters. The van der Waals surface area contributed by atoms with Crippen molar-refractivity contribution in [3.63, 3.8) is 0 Å². The van der Waals surface area contributed by atoms with Crippen molar-refractivity contribution in [2.75, 3.05) is 5.32 Å². The van der Waals surface area contributed by atoms with E-state index in [2.05, 4.69) is 51.7 Å². The summed E-state index contributed by atoms with van der Waals surface area (Å²) < 4.78 is 0. The summed E-state index contributed by atoms with van der Waals surface area (Å²) in [4.78, 5) is 0. The van der Waals surface area contributed by atoms with Gasteiger partial charge in [0, 0.05) is 11.4 Å². The Morgan fingerprint density at radius 2 is 2.00 bits per heavy atom. The number of benzene rings is 1. The molecule has 1 heterocycles. The molecule has 1 aromatic carbocycles. The number of allylic oxidation sites excluding steroid dienone is 1. The third kappa shape index (κ3) is 2.26. The van der Waals surface area contributed by atoms with Gasteiger partial charge in [0.1, 0.15) is 7.85 Å². The molecule has 17 heavy (non-hydrogen) atoms. The van der Waals surface area contributed by atoms with E-state index in [4.69, 9.17) is 7.85 Å². The summed E-state index contributed by atoms with van der Waals surface area (Å²) in [5.74, 6) is 0.514. The van der Waals surface area contributed by atoms with Crippen molar-refractivity contribution in [1.29, 1.82) is 0 Å². The van der Waals surface area contributed by atoms with Crippen molar-refractivity contribution in [2.24, 2.45) is 0 Å². The lowest BCUT2D eigenvalue weighted by atomic mass is 9.74. The molecule has 2 heteroatoms. The van der Waals surface area contributed by atoms with Crippen molar-refractivity contribution in [2.45, 2.75) is 45.4 Å². The Bertz CT molecular complexity index is 469. The quantitative estimate of drug-likeness (QED) is 0.668. The van der Waals surface area contributed by atoms with Gasteiger partial charge in [-0.3, -0.25) is 0 Å². The molecule has 1 aliphatic heterocycles. The summed E-state index contributed by atoms with van der Waals surface area (Å²) in [5, 5.41) is 3.34. The summed E-state index contributed by atoms with van der Waals surface area (Å²) in [6.07, 6.45) is 1.00. The maximum absolute atomic E-state index is 6.15. The molecule has 0 fully saturated rings. The molecule has 88 valence electrons. The molecule has 2 rings (SSSR count). The van der Waals surface area contributed by atoms with Crippen LogP contribution >= 0.6 is 0 Å². The fourth-order valence-corrected chi connectivity index (χ4v) is 2.52. The minimum Gasteiger partial charge on any atom is -0.359 e. The molecule has 0 aromatic heterocycles. The fourth-order valence-electron chi connectivity index (χ4n) is 2.52. The number of fused-ring (bicyclic) bond motifs is 1. The Balaban J connectivity index is 2.56. The molecule has 1 nitrogen and oxygen atoms in total. The van der Waals surface area contributed by atoms with Crippen LogP contribution in [0.2, 0.25) is 0 Å². The molecule has 0 saturated heterocycles. The van der Waals surface area contributed by atoms with Gasteiger partial charge in [0.25, 0.3) is 0 Å². The van der Waals surface area contributed by atoms with Crippen molar-refractivity contribution < 1.29 is 0 Å². The van der Waals surface area contributed by atoms with Crippen molar-refractivity contribution >= 4 is 19.0 Å². The summed E-state index contributed by atoms with van der Waals surface area (Å²) in [5.41, 5.74) is 5.75. The van der Waals surface area contributed by atoms with Crippen LogP contribution in [-0.4, -0.2) is 7.85 Å². The van der Waals surface area contributed by atoms with Crippen LogP contribution in [0.1, 0.15) is 51.2 Å². The molecule has 0 aliphatic carbocycles. The normalized spacial score (nSPS) is 19.8. The van der Waals surface area contributed by atoms with E-state index in [-0.39, 0.29) is 5.41 Å². The van der Waals surface area contributed by atoms with E-state index in [1.165, 1.54) is 11.1 Å². The van der Waals surface area contributed by atoms with Gasteiger partial charge in [-0.25, -0.2) is 0 Å². The zero-order valence-electron chi connectivity index (χ0n) is 11.2. The number of hydrogen-bond donors (Lipinski definition) is 1. The van der Waals surface area contributed by atoms with E-state index >= 15 is 0 Å². The standard InChI is InChI=1S/C15H20BN/c1-9-6-10(2)17-14-8-13(16)12(7-11(9)14)15(3,4)5/h7-9,17H,2,6H2,1,3-5H3. The summed E-state index contributed by atoms with van der Waals surface area (Å²) >= 11 is 0. The van der Waals surface area contributed by atoms with Crippen LogP contribution in [0.3, 0.4) is 0 Å². The molecule has 1 aliphatic rings. The fraction of sp³-hybridized carbons (Fsp3) is 0.467. The molecule has 1 aromatic rings. The van der Waals surface area contributed by atoms with Gasteiger partial charge < -0.3 is 5.32 Å². The van der Waals surface area contributed by atoms with Crippen LogP contribution in [0.15, 0.2) is 24.4 Å². The molecule has 0 amide bonds. The third-order valence-electron chi connectivity index (χ3n) is 3.42. The minimum atomic E-state index is 0.0906. The van der Waals surface area contributed by atoms with E-state index in [9.17, 15) is 0 Å². The zero-order chi connectivity index (χ0) is 12.8. The molecular weight excluding hydrogens is 205 g/mol. The van der Waals surface area contributed by atoms with E-state index < -0.39 is 0 Å².